The number of carbonyl (C=O) groups is 2. The maximum atomic E-state index is 13.1. The van der Waals surface area contributed by atoms with Gasteiger partial charge in [0.15, 0.2) is 0 Å². The molecular formula is C26H25Br2N7O2. The SMILES string of the molecule is Cc1nn(Cc2cccc(Br)c2)cc1C(=O)NC(C)c1cn(C2CCN(c3ccc(Br)cc3)C2=O)nn1. The van der Waals surface area contributed by atoms with Crippen LogP contribution in [0.25, 0.3) is 0 Å². The molecule has 2 aromatic carbocycles. The lowest BCUT2D eigenvalue weighted by Gasteiger charge is -2.16. The van der Waals surface area contributed by atoms with Gasteiger partial charge < -0.3 is 10.2 Å². The lowest BCUT2D eigenvalue weighted by molar-refractivity contribution is -0.120. The molecule has 1 saturated heterocycles. The van der Waals surface area contributed by atoms with Crippen molar-refractivity contribution in [3.05, 3.63) is 92.4 Å². The number of carbonyl (C=O) groups excluding carboxylic acids is 2. The smallest absolute Gasteiger partial charge is 0.255 e. The summed E-state index contributed by atoms with van der Waals surface area (Å²) in [7, 11) is 0. The number of nitrogens with one attached hydrogen (secondary N) is 1. The Morgan fingerprint density at radius 2 is 1.92 bits per heavy atom. The molecule has 2 amide bonds. The van der Waals surface area contributed by atoms with Gasteiger partial charge in [-0.1, -0.05) is 49.2 Å². The van der Waals surface area contributed by atoms with Crippen molar-refractivity contribution in [1.29, 1.82) is 0 Å². The van der Waals surface area contributed by atoms with E-state index in [1.165, 1.54) is 0 Å². The highest BCUT2D eigenvalue weighted by Crippen LogP contribution is 2.29. The summed E-state index contributed by atoms with van der Waals surface area (Å²) in [6.45, 7) is 4.83. The standard InChI is InChI=1S/C26H25Br2N7O2/c1-16-22(14-33(31-16)13-18-4-3-5-20(28)12-18)25(36)29-17(2)23-15-35(32-30-23)24-10-11-34(26(24)37)21-8-6-19(27)7-9-21/h3-9,12,14-15,17,24H,10-11,13H2,1-2H3,(H,29,36). The van der Waals surface area contributed by atoms with Gasteiger partial charge in [-0.15, -0.1) is 5.10 Å². The maximum absolute atomic E-state index is 13.1. The highest BCUT2D eigenvalue weighted by Gasteiger charge is 2.35. The van der Waals surface area contributed by atoms with Crippen LogP contribution in [0.4, 0.5) is 5.69 Å². The first-order chi connectivity index (χ1) is 17.8. The van der Waals surface area contributed by atoms with Gasteiger partial charge in [0.25, 0.3) is 11.8 Å². The number of hydrogen-bond donors (Lipinski definition) is 1. The Morgan fingerprint density at radius 1 is 1.14 bits per heavy atom. The topological polar surface area (TPSA) is 97.9 Å². The summed E-state index contributed by atoms with van der Waals surface area (Å²) in [5, 5.41) is 15.9. The van der Waals surface area contributed by atoms with Crippen LogP contribution in [-0.4, -0.2) is 43.1 Å². The monoisotopic (exact) mass is 625 g/mol. The Bertz CT molecular complexity index is 1450. The number of amides is 2. The summed E-state index contributed by atoms with van der Waals surface area (Å²) in [4.78, 5) is 27.8. The van der Waals surface area contributed by atoms with Crippen LogP contribution in [0.1, 0.15) is 52.7 Å². The highest BCUT2D eigenvalue weighted by molar-refractivity contribution is 9.10. The van der Waals surface area contributed by atoms with Crippen LogP contribution < -0.4 is 10.2 Å². The third-order valence-electron chi connectivity index (χ3n) is 6.38. The normalized spacial score (nSPS) is 16.3. The lowest BCUT2D eigenvalue weighted by atomic mass is 10.2. The molecule has 5 rings (SSSR count). The van der Waals surface area contributed by atoms with Gasteiger partial charge >= 0.3 is 0 Å². The molecule has 11 heteroatoms. The van der Waals surface area contributed by atoms with Gasteiger partial charge in [-0.2, -0.15) is 5.10 Å². The molecule has 1 N–H and O–H groups in total. The molecule has 1 fully saturated rings. The molecule has 2 aromatic heterocycles. The summed E-state index contributed by atoms with van der Waals surface area (Å²) in [6, 6.07) is 14.8. The number of aryl methyl sites for hydroxylation is 1. The van der Waals surface area contributed by atoms with Gasteiger partial charge in [-0.25, -0.2) is 4.68 Å². The second-order valence-corrected chi connectivity index (χ2v) is 10.9. The average molecular weight is 627 g/mol. The molecule has 37 heavy (non-hydrogen) atoms. The number of halogens is 2. The predicted molar refractivity (Wildman–Crippen MR) is 146 cm³/mol. The molecule has 3 heterocycles. The van der Waals surface area contributed by atoms with E-state index < -0.39 is 12.1 Å². The van der Waals surface area contributed by atoms with E-state index in [1.807, 2.05) is 62.4 Å². The van der Waals surface area contributed by atoms with Crippen molar-refractivity contribution in [3.63, 3.8) is 0 Å². The third-order valence-corrected chi connectivity index (χ3v) is 7.40. The first-order valence-corrected chi connectivity index (χ1v) is 13.4. The van der Waals surface area contributed by atoms with Crippen LogP contribution in [-0.2, 0) is 11.3 Å². The number of rotatable bonds is 7. The van der Waals surface area contributed by atoms with Crippen molar-refractivity contribution >= 4 is 49.4 Å². The zero-order valence-electron chi connectivity index (χ0n) is 20.3. The van der Waals surface area contributed by atoms with Crippen LogP contribution in [0.2, 0.25) is 0 Å². The number of benzene rings is 2. The van der Waals surface area contributed by atoms with Gasteiger partial charge in [0.05, 0.1) is 30.0 Å². The average Bonchev–Trinajstić information content (AvgIpc) is 3.58. The molecule has 1 aliphatic rings. The summed E-state index contributed by atoms with van der Waals surface area (Å²) in [5.74, 6) is -0.262. The van der Waals surface area contributed by atoms with Gasteiger partial charge in [-0.3, -0.25) is 14.3 Å². The van der Waals surface area contributed by atoms with E-state index in [0.29, 0.717) is 36.5 Å². The highest BCUT2D eigenvalue weighted by atomic mass is 79.9. The van der Waals surface area contributed by atoms with Crippen molar-refractivity contribution in [3.8, 4) is 0 Å². The fourth-order valence-corrected chi connectivity index (χ4v) is 5.13. The Kier molecular flexibility index (Phi) is 7.25. The van der Waals surface area contributed by atoms with E-state index in [2.05, 4.69) is 52.6 Å². The fraction of sp³-hybridized carbons (Fsp3) is 0.269. The zero-order chi connectivity index (χ0) is 26.1. The number of nitrogens with zero attached hydrogens (tertiary/aromatic N) is 6. The fourth-order valence-electron chi connectivity index (χ4n) is 4.42. The summed E-state index contributed by atoms with van der Waals surface area (Å²) in [5.41, 5.74) is 3.67. The van der Waals surface area contributed by atoms with Crippen molar-refractivity contribution in [2.24, 2.45) is 0 Å². The molecular weight excluding hydrogens is 602 g/mol. The second-order valence-electron chi connectivity index (χ2n) is 9.05. The first kappa shape index (κ1) is 25.3. The van der Waals surface area contributed by atoms with Crippen molar-refractivity contribution in [2.75, 3.05) is 11.4 Å². The largest absolute Gasteiger partial charge is 0.344 e. The van der Waals surface area contributed by atoms with Gasteiger partial charge in [0, 0.05) is 27.4 Å². The van der Waals surface area contributed by atoms with Crippen LogP contribution in [0.3, 0.4) is 0 Å². The molecule has 4 aromatic rings. The number of aromatic nitrogens is 5. The van der Waals surface area contributed by atoms with E-state index in [9.17, 15) is 9.59 Å². The number of anilines is 1. The van der Waals surface area contributed by atoms with E-state index >= 15 is 0 Å². The third kappa shape index (κ3) is 5.52. The molecule has 0 bridgehead atoms. The van der Waals surface area contributed by atoms with E-state index in [0.717, 1.165) is 20.2 Å². The molecule has 190 valence electrons. The molecule has 0 saturated carbocycles. The Balaban J connectivity index is 1.23. The predicted octanol–water partition coefficient (Wildman–Crippen LogP) is 4.83. The molecule has 0 aliphatic carbocycles. The van der Waals surface area contributed by atoms with Crippen LogP contribution >= 0.6 is 31.9 Å². The van der Waals surface area contributed by atoms with Gasteiger partial charge in [0.1, 0.15) is 11.7 Å². The maximum Gasteiger partial charge on any atom is 0.255 e. The zero-order valence-corrected chi connectivity index (χ0v) is 23.5. The van der Waals surface area contributed by atoms with Gasteiger partial charge in [-0.05, 0) is 62.2 Å². The lowest BCUT2D eigenvalue weighted by Crippen LogP contribution is -2.28. The Labute approximate surface area is 231 Å². The van der Waals surface area contributed by atoms with Crippen LogP contribution in [0, 0.1) is 6.92 Å². The van der Waals surface area contributed by atoms with E-state index in [1.54, 1.807) is 26.7 Å². The molecule has 9 nitrogen and oxygen atoms in total. The first-order valence-electron chi connectivity index (χ1n) is 11.9. The Morgan fingerprint density at radius 3 is 2.68 bits per heavy atom. The van der Waals surface area contributed by atoms with Crippen molar-refractivity contribution < 1.29 is 9.59 Å². The second kappa shape index (κ2) is 10.6. The van der Waals surface area contributed by atoms with Crippen molar-refractivity contribution in [2.45, 2.75) is 38.9 Å². The van der Waals surface area contributed by atoms with Crippen LogP contribution in [0.15, 0.2) is 69.9 Å². The molecule has 0 radical (unpaired) electrons. The summed E-state index contributed by atoms with van der Waals surface area (Å²) >= 11 is 6.91. The Hall–Kier alpha value is -3.31. The summed E-state index contributed by atoms with van der Waals surface area (Å²) in [6.07, 6.45) is 4.12. The molecule has 1 aliphatic heterocycles. The van der Waals surface area contributed by atoms with E-state index in [4.69, 9.17) is 0 Å². The molecule has 2 atom stereocenters. The summed E-state index contributed by atoms with van der Waals surface area (Å²) < 4.78 is 5.31. The number of hydrogen-bond acceptors (Lipinski definition) is 5. The molecule has 2 unspecified atom stereocenters. The quantitative estimate of drug-likeness (QED) is 0.317. The van der Waals surface area contributed by atoms with Crippen LogP contribution in [0.5, 0.6) is 0 Å². The minimum Gasteiger partial charge on any atom is -0.344 e. The van der Waals surface area contributed by atoms with E-state index in [-0.39, 0.29) is 11.8 Å². The minimum atomic E-state index is -0.425. The van der Waals surface area contributed by atoms with Gasteiger partial charge in [0.2, 0.25) is 0 Å². The molecule has 0 spiro atoms. The minimum absolute atomic E-state index is 0.0241. The van der Waals surface area contributed by atoms with Crippen molar-refractivity contribution in [1.82, 2.24) is 30.1 Å².